The molecule has 0 aliphatic carbocycles. The number of carbonyl (C=O) groups is 3. The second kappa shape index (κ2) is 59.5. The highest BCUT2D eigenvalue weighted by Crippen LogP contribution is 2.18. The standard InChI is InChI=1S/C64H120O6/c1-4-7-10-13-16-19-22-25-27-29-30-31-32-33-34-36-37-39-42-45-48-51-54-57-63(66)69-60-61(59-68-62(65)56-53-50-47-44-41-24-21-18-15-12-9-6-3)70-64(67)58-55-52-49-46-43-40-38-35-28-26-23-20-17-14-11-8-5-2/h18,21,26,28,61H,4-17,19-20,22-25,27,29-60H2,1-3H3/b21-18-,28-26-. The summed E-state index contributed by atoms with van der Waals surface area (Å²) in [6.07, 6.45) is 70.4. The van der Waals surface area contributed by atoms with E-state index in [0.29, 0.717) is 19.3 Å². The molecular formula is C64H120O6. The van der Waals surface area contributed by atoms with E-state index in [2.05, 4.69) is 45.1 Å². The van der Waals surface area contributed by atoms with Crippen molar-refractivity contribution in [3.8, 4) is 0 Å². The Morgan fingerprint density at radius 2 is 0.471 bits per heavy atom. The van der Waals surface area contributed by atoms with Crippen molar-refractivity contribution in [2.45, 2.75) is 354 Å². The van der Waals surface area contributed by atoms with Gasteiger partial charge in [0.15, 0.2) is 6.10 Å². The molecule has 0 heterocycles. The first-order valence-corrected chi connectivity index (χ1v) is 31.3. The zero-order valence-corrected chi connectivity index (χ0v) is 47.3. The molecular weight excluding hydrogens is 865 g/mol. The Labute approximate surface area is 436 Å². The van der Waals surface area contributed by atoms with Gasteiger partial charge in [0.05, 0.1) is 0 Å². The fourth-order valence-electron chi connectivity index (χ4n) is 9.44. The van der Waals surface area contributed by atoms with E-state index < -0.39 is 6.10 Å². The smallest absolute Gasteiger partial charge is 0.306 e. The van der Waals surface area contributed by atoms with E-state index in [9.17, 15) is 14.4 Å². The summed E-state index contributed by atoms with van der Waals surface area (Å²) in [5, 5.41) is 0. The lowest BCUT2D eigenvalue weighted by molar-refractivity contribution is -0.167. The van der Waals surface area contributed by atoms with Gasteiger partial charge in [-0.2, -0.15) is 0 Å². The van der Waals surface area contributed by atoms with Crippen LogP contribution in [0.5, 0.6) is 0 Å². The van der Waals surface area contributed by atoms with Crippen LogP contribution in [0.1, 0.15) is 348 Å². The van der Waals surface area contributed by atoms with Gasteiger partial charge in [-0.25, -0.2) is 0 Å². The summed E-state index contributed by atoms with van der Waals surface area (Å²) in [5.74, 6) is -0.862. The molecule has 0 rings (SSSR count). The van der Waals surface area contributed by atoms with Crippen LogP contribution in [0.3, 0.4) is 0 Å². The lowest BCUT2D eigenvalue weighted by Gasteiger charge is -2.18. The molecule has 0 saturated heterocycles. The molecule has 6 nitrogen and oxygen atoms in total. The molecule has 0 fully saturated rings. The number of esters is 3. The molecule has 0 aliphatic heterocycles. The van der Waals surface area contributed by atoms with Crippen LogP contribution in [-0.4, -0.2) is 37.2 Å². The van der Waals surface area contributed by atoms with Crippen molar-refractivity contribution in [2.75, 3.05) is 13.2 Å². The number of hydrogen-bond donors (Lipinski definition) is 0. The Hall–Kier alpha value is -2.11. The van der Waals surface area contributed by atoms with E-state index in [0.717, 1.165) is 64.2 Å². The summed E-state index contributed by atoms with van der Waals surface area (Å²) in [6, 6.07) is 0. The van der Waals surface area contributed by atoms with Gasteiger partial charge in [0, 0.05) is 19.3 Å². The molecule has 0 bridgehead atoms. The van der Waals surface area contributed by atoms with Crippen molar-refractivity contribution in [3.05, 3.63) is 24.3 Å². The third kappa shape index (κ3) is 56.8. The minimum absolute atomic E-state index is 0.0709. The maximum absolute atomic E-state index is 12.9. The predicted octanol–water partition coefficient (Wildman–Crippen LogP) is 21.1. The van der Waals surface area contributed by atoms with Gasteiger partial charge in [-0.1, -0.05) is 283 Å². The molecule has 0 aromatic heterocycles. The first-order valence-electron chi connectivity index (χ1n) is 31.3. The molecule has 0 saturated carbocycles. The van der Waals surface area contributed by atoms with Crippen molar-refractivity contribution in [1.29, 1.82) is 0 Å². The summed E-state index contributed by atoms with van der Waals surface area (Å²) in [5.41, 5.74) is 0. The maximum atomic E-state index is 12.9. The Kier molecular flexibility index (Phi) is 57.7. The van der Waals surface area contributed by atoms with E-state index in [1.165, 1.54) is 244 Å². The average Bonchev–Trinajstić information content (AvgIpc) is 3.36. The van der Waals surface area contributed by atoms with Gasteiger partial charge in [0.25, 0.3) is 0 Å². The van der Waals surface area contributed by atoms with Crippen LogP contribution in [0.25, 0.3) is 0 Å². The summed E-state index contributed by atoms with van der Waals surface area (Å²) >= 11 is 0. The van der Waals surface area contributed by atoms with Crippen molar-refractivity contribution >= 4 is 17.9 Å². The normalized spacial score (nSPS) is 12.1. The number of hydrogen-bond acceptors (Lipinski definition) is 6. The molecule has 70 heavy (non-hydrogen) atoms. The highest BCUT2D eigenvalue weighted by atomic mass is 16.6. The van der Waals surface area contributed by atoms with Crippen LogP contribution in [0.2, 0.25) is 0 Å². The average molecular weight is 986 g/mol. The van der Waals surface area contributed by atoms with Gasteiger partial charge < -0.3 is 14.2 Å². The van der Waals surface area contributed by atoms with Crippen LogP contribution < -0.4 is 0 Å². The molecule has 0 aromatic rings. The van der Waals surface area contributed by atoms with Crippen LogP contribution in [0.15, 0.2) is 24.3 Å². The zero-order valence-electron chi connectivity index (χ0n) is 47.3. The van der Waals surface area contributed by atoms with Gasteiger partial charge in [0.1, 0.15) is 13.2 Å². The monoisotopic (exact) mass is 985 g/mol. The maximum Gasteiger partial charge on any atom is 0.306 e. The zero-order chi connectivity index (χ0) is 50.7. The van der Waals surface area contributed by atoms with Crippen molar-refractivity contribution in [3.63, 3.8) is 0 Å². The second-order valence-corrected chi connectivity index (χ2v) is 21.3. The summed E-state index contributed by atoms with van der Waals surface area (Å²) in [4.78, 5) is 38.2. The lowest BCUT2D eigenvalue weighted by atomic mass is 10.0. The van der Waals surface area contributed by atoms with Gasteiger partial charge in [-0.3, -0.25) is 14.4 Å². The summed E-state index contributed by atoms with van der Waals surface area (Å²) in [7, 11) is 0. The molecule has 412 valence electrons. The number of allylic oxidation sites excluding steroid dienone is 4. The first kappa shape index (κ1) is 67.9. The Bertz CT molecular complexity index is 1130. The number of carbonyl (C=O) groups excluding carboxylic acids is 3. The molecule has 0 amide bonds. The Morgan fingerprint density at radius 1 is 0.271 bits per heavy atom. The number of rotatable bonds is 58. The van der Waals surface area contributed by atoms with Crippen LogP contribution in [-0.2, 0) is 28.6 Å². The third-order valence-electron chi connectivity index (χ3n) is 14.2. The van der Waals surface area contributed by atoms with Crippen LogP contribution in [0, 0.1) is 0 Å². The van der Waals surface area contributed by atoms with Gasteiger partial charge >= 0.3 is 17.9 Å². The first-order chi connectivity index (χ1) is 34.5. The molecule has 0 radical (unpaired) electrons. The van der Waals surface area contributed by atoms with Crippen LogP contribution in [0.4, 0.5) is 0 Å². The topological polar surface area (TPSA) is 78.9 Å². The summed E-state index contributed by atoms with van der Waals surface area (Å²) < 4.78 is 16.9. The molecule has 0 aromatic carbocycles. The largest absolute Gasteiger partial charge is 0.462 e. The van der Waals surface area contributed by atoms with Gasteiger partial charge in [0.2, 0.25) is 0 Å². The highest BCUT2D eigenvalue weighted by Gasteiger charge is 2.19. The summed E-state index contributed by atoms with van der Waals surface area (Å²) in [6.45, 7) is 6.66. The van der Waals surface area contributed by atoms with E-state index >= 15 is 0 Å². The molecule has 0 N–H and O–H groups in total. The fraction of sp³-hybridized carbons (Fsp3) is 0.891. The van der Waals surface area contributed by atoms with Crippen molar-refractivity contribution in [2.24, 2.45) is 0 Å². The quantitative estimate of drug-likeness (QED) is 0.0261. The molecule has 0 spiro atoms. The predicted molar refractivity (Wildman–Crippen MR) is 303 cm³/mol. The molecule has 1 atom stereocenters. The van der Waals surface area contributed by atoms with E-state index in [1.807, 2.05) is 0 Å². The SMILES string of the molecule is CCCCC/C=C\CCCCCCCC(=O)OCC(COC(=O)CCCCCCCCCCCCCCCCCCCCCCCCC)OC(=O)CCCCCCCCC/C=C\CCCCCCCC. The Balaban J connectivity index is 4.24. The van der Waals surface area contributed by atoms with Crippen LogP contribution >= 0.6 is 0 Å². The number of ether oxygens (including phenoxy) is 3. The fourth-order valence-corrected chi connectivity index (χ4v) is 9.44. The second-order valence-electron chi connectivity index (χ2n) is 21.3. The van der Waals surface area contributed by atoms with Gasteiger partial charge in [-0.15, -0.1) is 0 Å². The third-order valence-corrected chi connectivity index (χ3v) is 14.2. The van der Waals surface area contributed by atoms with E-state index in [1.54, 1.807) is 0 Å². The minimum atomic E-state index is -0.773. The molecule has 6 heteroatoms. The molecule has 0 aliphatic rings. The number of unbranched alkanes of at least 4 members (excludes halogenated alkanes) is 43. The van der Waals surface area contributed by atoms with E-state index in [4.69, 9.17) is 14.2 Å². The van der Waals surface area contributed by atoms with Crippen molar-refractivity contribution in [1.82, 2.24) is 0 Å². The van der Waals surface area contributed by atoms with Crippen molar-refractivity contribution < 1.29 is 28.6 Å². The Morgan fingerprint density at radius 3 is 0.743 bits per heavy atom. The minimum Gasteiger partial charge on any atom is -0.462 e. The lowest BCUT2D eigenvalue weighted by Crippen LogP contribution is -2.30. The highest BCUT2D eigenvalue weighted by molar-refractivity contribution is 5.71. The van der Waals surface area contributed by atoms with Gasteiger partial charge in [-0.05, 0) is 70.6 Å². The van der Waals surface area contributed by atoms with E-state index in [-0.39, 0.29) is 31.1 Å². The molecule has 1 unspecified atom stereocenters.